The molecule has 0 aliphatic rings. The molecule has 1 atom stereocenters. The molecule has 3 nitrogen and oxygen atoms in total. The van der Waals surface area contributed by atoms with E-state index in [0.717, 1.165) is 0 Å². The molecule has 1 aromatic rings. The molecule has 76 valence electrons. The Morgan fingerprint density at radius 1 is 1.57 bits per heavy atom. The Morgan fingerprint density at radius 3 is 2.71 bits per heavy atom. The molecule has 0 radical (unpaired) electrons. The number of hydrogen-bond acceptors (Lipinski definition) is 3. The van der Waals surface area contributed by atoms with Gasteiger partial charge in [-0.2, -0.15) is 0 Å². The number of aliphatic hydroxyl groups excluding tert-OH is 1. The lowest BCUT2D eigenvalue weighted by atomic mass is 10.0. The Kier molecular flexibility index (Phi) is 2.49. The largest absolute Gasteiger partial charge is 0.392 e. The van der Waals surface area contributed by atoms with Crippen LogP contribution >= 0.6 is 0 Å². The van der Waals surface area contributed by atoms with Gasteiger partial charge in [-0.3, -0.25) is 4.79 Å². The highest BCUT2D eigenvalue weighted by atomic mass is 16.3. The molecule has 14 heavy (non-hydrogen) atoms. The zero-order chi connectivity index (χ0) is 13.1. The van der Waals surface area contributed by atoms with Crippen LogP contribution in [0.4, 0.5) is 0 Å². The standard InChI is InChI=1S/C11H15NO2/c1-8(12-2)11(14)10-5-3-9(7-13)4-6-10/h3-6,8,12-13H,7H2,1-2H3/i2D3. The van der Waals surface area contributed by atoms with Gasteiger partial charge in [0.05, 0.1) is 12.6 Å². The Hall–Kier alpha value is -1.19. The van der Waals surface area contributed by atoms with Gasteiger partial charge in [0.25, 0.3) is 0 Å². The number of Topliss-reactive ketones (excluding diaryl/α,β-unsaturated/α-hetero) is 1. The number of carbonyl (C=O) groups excluding carboxylic acids is 1. The second kappa shape index (κ2) is 4.88. The number of ketones is 1. The Morgan fingerprint density at radius 2 is 2.21 bits per heavy atom. The molecule has 0 amide bonds. The van der Waals surface area contributed by atoms with E-state index in [4.69, 9.17) is 9.22 Å². The molecule has 0 saturated heterocycles. The van der Waals surface area contributed by atoms with Gasteiger partial charge >= 0.3 is 0 Å². The third kappa shape index (κ3) is 2.40. The van der Waals surface area contributed by atoms with Crippen molar-refractivity contribution in [1.82, 2.24) is 5.32 Å². The van der Waals surface area contributed by atoms with E-state index in [-0.39, 0.29) is 12.4 Å². The van der Waals surface area contributed by atoms with Crippen molar-refractivity contribution in [2.75, 3.05) is 6.98 Å². The third-order valence-electron chi connectivity index (χ3n) is 2.03. The van der Waals surface area contributed by atoms with Crippen LogP contribution in [0.1, 0.15) is 27.0 Å². The van der Waals surface area contributed by atoms with Crippen LogP contribution in [0.25, 0.3) is 0 Å². The van der Waals surface area contributed by atoms with E-state index in [1.165, 1.54) is 6.92 Å². The zero-order valence-electron chi connectivity index (χ0n) is 10.9. The summed E-state index contributed by atoms with van der Waals surface area (Å²) in [6.45, 7) is -0.910. The summed E-state index contributed by atoms with van der Waals surface area (Å²) in [6.07, 6.45) is 0. The predicted molar refractivity (Wildman–Crippen MR) is 55.2 cm³/mol. The first kappa shape index (κ1) is 7.15. The number of nitrogens with one attached hydrogen (secondary N) is 1. The molecule has 0 bridgehead atoms. The molecule has 2 N–H and O–H groups in total. The average molecular weight is 196 g/mol. The molecule has 0 aliphatic carbocycles. The monoisotopic (exact) mass is 196 g/mol. The lowest BCUT2D eigenvalue weighted by molar-refractivity contribution is 0.0955. The Bertz CT molecular complexity index is 387. The molecule has 0 saturated carbocycles. The molecule has 0 aliphatic heterocycles. The lowest BCUT2D eigenvalue weighted by Crippen LogP contribution is -2.30. The van der Waals surface area contributed by atoms with Crippen LogP contribution in [0.15, 0.2) is 24.3 Å². The van der Waals surface area contributed by atoms with E-state index in [0.29, 0.717) is 11.1 Å². The van der Waals surface area contributed by atoms with E-state index < -0.39 is 13.0 Å². The van der Waals surface area contributed by atoms with Crippen molar-refractivity contribution < 1.29 is 14.0 Å². The van der Waals surface area contributed by atoms with Crippen LogP contribution in [-0.2, 0) is 6.61 Å². The predicted octanol–water partition coefficient (Wildman–Crippen LogP) is 0.970. The van der Waals surface area contributed by atoms with E-state index in [2.05, 4.69) is 5.32 Å². The van der Waals surface area contributed by atoms with Gasteiger partial charge in [-0.15, -0.1) is 0 Å². The number of carbonyl (C=O) groups is 1. The summed E-state index contributed by atoms with van der Waals surface area (Å²) in [7, 11) is 0. The molecular weight excluding hydrogens is 178 g/mol. The van der Waals surface area contributed by atoms with Crippen molar-refractivity contribution >= 4 is 5.78 Å². The minimum absolute atomic E-state index is 0.0858. The van der Waals surface area contributed by atoms with Gasteiger partial charge < -0.3 is 10.4 Å². The average Bonchev–Trinajstić information content (AvgIpc) is 2.26. The van der Waals surface area contributed by atoms with Crippen molar-refractivity contribution in [3.8, 4) is 0 Å². The minimum atomic E-state index is -2.33. The fourth-order valence-corrected chi connectivity index (χ4v) is 1.09. The molecule has 0 heterocycles. The first-order valence-electron chi connectivity index (χ1n) is 5.85. The summed E-state index contributed by atoms with van der Waals surface area (Å²) < 4.78 is 21.1. The van der Waals surface area contributed by atoms with Crippen LogP contribution in [0.5, 0.6) is 0 Å². The summed E-state index contributed by atoms with van der Waals surface area (Å²) in [6, 6.07) is 5.64. The van der Waals surface area contributed by atoms with Crippen LogP contribution in [0, 0.1) is 0 Å². The summed E-state index contributed by atoms with van der Waals surface area (Å²) in [5, 5.41) is 11.1. The van der Waals surface area contributed by atoms with Crippen molar-refractivity contribution in [3.63, 3.8) is 0 Å². The number of aliphatic hydroxyl groups is 1. The second-order valence-corrected chi connectivity index (χ2v) is 3.09. The number of benzene rings is 1. The van der Waals surface area contributed by atoms with Crippen LogP contribution < -0.4 is 5.32 Å². The normalized spacial score (nSPS) is 16.6. The van der Waals surface area contributed by atoms with Crippen LogP contribution in [0.2, 0.25) is 0 Å². The third-order valence-corrected chi connectivity index (χ3v) is 2.03. The highest BCUT2D eigenvalue weighted by Crippen LogP contribution is 2.06. The van der Waals surface area contributed by atoms with Crippen molar-refractivity contribution in [3.05, 3.63) is 35.4 Å². The highest BCUT2D eigenvalue weighted by Gasteiger charge is 2.12. The number of hydrogen-bond donors (Lipinski definition) is 2. The molecule has 0 spiro atoms. The molecule has 0 aromatic heterocycles. The summed E-state index contributed by atoms with van der Waals surface area (Å²) >= 11 is 0. The van der Waals surface area contributed by atoms with Gasteiger partial charge in [0.1, 0.15) is 0 Å². The quantitative estimate of drug-likeness (QED) is 0.705. The van der Waals surface area contributed by atoms with Gasteiger partial charge in [-0.05, 0) is 19.5 Å². The van der Waals surface area contributed by atoms with Gasteiger partial charge in [0, 0.05) is 9.68 Å². The number of likely N-dealkylation sites (N-methyl/N-ethyl adjacent to an activating group) is 1. The van der Waals surface area contributed by atoms with E-state index in [1.54, 1.807) is 24.3 Å². The van der Waals surface area contributed by atoms with E-state index in [9.17, 15) is 4.79 Å². The lowest BCUT2D eigenvalue weighted by Gasteiger charge is -2.08. The van der Waals surface area contributed by atoms with Gasteiger partial charge in [-0.1, -0.05) is 24.3 Å². The minimum Gasteiger partial charge on any atom is -0.392 e. The van der Waals surface area contributed by atoms with Crippen molar-refractivity contribution in [2.24, 2.45) is 0 Å². The second-order valence-electron chi connectivity index (χ2n) is 3.09. The van der Waals surface area contributed by atoms with Gasteiger partial charge in [-0.25, -0.2) is 0 Å². The van der Waals surface area contributed by atoms with Crippen LogP contribution in [0.3, 0.4) is 0 Å². The summed E-state index contributed by atoms with van der Waals surface area (Å²) in [5.41, 5.74) is 1.13. The smallest absolute Gasteiger partial charge is 0.179 e. The van der Waals surface area contributed by atoms with Crippen molar-refractivity contribution in [2.45, 2.75) is 19.6 Å². The Labute approximate surface area is 88.0 Å². The first-order chi connectivity index (χ1) is 7.83. The van der Waals surface area contributed by atoms with Crippen molar-refractivity contribution in [1.29, 1.82) is 0 Å². The molecule has 0 fully saturated rings. The maximum atomic E-state index is 11.8. The molecular formula is C11H15NO2. The maximum Gasteiger partial charge on any atom is 0.179 e. The first-order valence-corrected chi connectivity index (χ1v) is 4.35. The molecule has 3 heteroatoms. The van der Waals surface area contributed by atoms with Gasteiger partial charge in [0.15, 0.2) is 5.78 Å². The SMILES string of the molecule is [2H]C([2H])([2H])NC(C)C(=O)c1ccc(CO)cc1. The Balaban J connectivity index is 2.75. The van der Waals surface area contributed by atoms with Crippen LogP contribution in [-0.4, -0.2) is 23.9 Å². The highest BCUT2D eigenvalue weighted by molar-refractivity contribution is 5.99. The molecule has 1 aromatic carbocycles. The summed E-state index contributed by atoms with van der Waals surface area (Å²) in [4.78, 5) is 11.8. The zero-order valence-corrected chi connectivity index (χ0v) is 7.95. The fraction of sp³-hybridized carbons (Fsp3) is 0.364. The fourth-order valence-electron chi connectivity index (χ4n) is 1.09. The van der Waals surface area contributed by atoms with E-state index >= 15 is 0 Å². The summed E-state index contributed by atoms with van der Waals surface area (Å²) in [5.74, 6) is -0.286. The topological polar surface area (TPSA) is 49.3 Å². The molecule has 1 rings (SSSR count). The maximum absolute atomic E-state index is 11.8. The molecule has 1 unspecified atom stereocenters. The number of rotatable bonds is 4. The van der Waals surface area contributed by atoms with Gasteiger partial charge in [0.2, 0.25) is 0 Å². The van der Waals surface area contributed by atoms with E-state index in [1.807, 2.05) is 0 Å².